The quantitative estimate of drug-likeness (QED) is 0.786. The highest BCUT2D eigenvalue weighted by molar-refractivity contribution is 14.0. The fourth-order valence-corrected chi connectivity index (χ4v) is 1.91. The lowest BCUT2D eigenvalue weighted by Crippen LogP contribution is -2.37. The number of nitrogens with zero attached hydrogens (tertiary/aromatic N) is 3. The minimum Gasteiger partial charge on any atom is -0.352 e. The fourth-order valence-electron chi connectivity index (χ4n) is 1.91. The normalized spacial score (nSPS) is 18.4. The van der Waals surface area contributed by atoms with Gasteiger partial charge in [-0.25, -0.2) is 0 Å². The van der Waals surface area contributed by atoms with Gasteiger partial charge in [-0.2, -0.15) is 5.10 Å². The molecule has 1 unspecified atom stereocenters. The van der Waals surface area contributed by atoms with Gasteiger partial charge in [-0.1, -0.05) is 0 Å². The van der Waals surface area contributed by atoms with Crippen LogP contribution >= 0.6 is 24.0 Å². The van der Waals surface area contributed by atoms with Crippen LogP contribution in [0.4, 0.5) is 0 Å². The van der Waals surface area contributed by atoms with Gasteiger partial charge in [0.25, 0.3) is 0 Å². The largest absolute Gasteiger partial charge is 0.352 e. The van der Waals surface area contributed by atoms with Crippen molar-refractivity contribution in [3.05, 3.63) is 17.0 Å². The second-order valence-electron chi connectivity index (χ2n) is 4.36. The summed E-state index contributed by atoms with van der Waals surface area (Å²) >= 11 is 0. The minimum atomic E-state index is 0. The van der Waals surface area contributed by atoms with E-state index in [9.17, 15) is 0 Å². The molecular formula is C11H20IN5. The molecule has 0 saturated heterocycles. The molecule has 5 nitrogen and oxygen atoms in total. The molecule has 1 atom stereocenters. The lowest BCUT2D eigenvalue weighted by atomic mass is 10.2. The second kappa shape index (κ2) is 5.70. The molecule has 1 aromatic heterocycles. The van der Waals surface area contributed by atoms with Gasteiger partial charge < -0.3 is 10.6 Å². The first-order chi connectivity index (χ1) is 7.58. The van der Waals surface area contributed by atoms with Crippen LogP contribution in [-0.2, 0) is 13.6 Å². The zero-order valence-corrected chi connectivity index (χ0v) is 13.1. The van der Waals surface area contributed by atoms with Crippen molar-refractivity contribution in [2.75, 3.05) is 6.54 Å². The second-order valence-corrected chi connectivity index (χ2v) is 4.36. The van der Waals surface area contributed by atoms with Crippen LogP contribution in [-0.4, -0.2) is 28.3 Å². The molecule has 2 heterocycles. The van der Waals surface area contributed by atoms with Gasteiger partial charge in [-0.3, -0.25) is 9.67 Å². The third kappa shape index (κ3) is 3.11. The number of aryl methyl sites for hydroxylation is 2. The predicted molar refractivity (Wildman–Crippen MR) is 79.8 cm³/mol. The van der Waals surface area contributed by atoms with Crippen LogP contribution in [0.3, 0.4) is 0 Å². The molecule has 6 heteroatoms. The first kappa shape index (κ1) is 14.3. The topological polar surface area (TPSA) is 54.2 Å². The zero-order valence-electron chi connectivity index (χ0n) is 10.7. The number of hydrogen-bond donors (Lipinski definition) is 2. The van der Waals surface area contributed by atoms with Crippen LogP contribution < -0.4 is 10.6 Å². The molecule has 96 valence electrons. The molecule has 0 spiro atoms. The highest BCUT2D eigenvalue weighted by Gasteiger charge is 2.14. The van der Waals surface area contributed by atoms with Crippen LogP contribution in [0.25, 0.3) is 0 Å². The number of guanidine groups is 1. The maximum absolute atomic E-state index is 4.39. The molecule has 1 aliphatic heterocycles. The number of hydrogen-bond acceptors (Lipinski definition) is 4. The molecular weight excluding hydrogens is 329 g/mol. The lowest BCUT2D eigenvalue weighted by molar-refractivity contribution is 0.711. The summed E-state index contributed by atoms with van der Waals surface area (Å²) in [5.74, 6) is 0.898. The fraction of sp³-hybridized carbons (Fsp3) is 0.636. The molecule has 0 amide bonds. The zero-order chi connectivity index (χ0) is 11.7. The van der Waals surface area contributed by atoms with E-state index in [2.05, 4.69) is 34.6 Å². The lowest BCUT2D eigenvalue weighted by Gasteiger charge is -2.09. The maximum Gasteiger partial charge on any atom is 0.191 e. The number of aromatic nitrogens is 2. The molecule has 0 radical (unpaired) electrons. The van der Waals surface area contributed by atoms with E-state index in [1.165, 1.54) is 11.3 Å². The molecule has 0 aliphatic carbocycles. The molecule has 0 fully saturated rings. The molecule has 2 N–H and O–H groups in total. The molecule has 0 saturated carbocycles. The average Bonchev–Trinajstić information content (AvgIpc) is 2.72. The van der Waals surface area contributed by atoms with Crippen LogP contribution in [0.1, 0.15) is 23.9 Å². The van der Waals surface area contributed by atoms with Gasteiger partial charge >= 0.3 is 0 Å². The number of nitrogens with one attached hydrogen (secondary N) is 2. The van der Waals surface area contributed by atoms with Crippen LogP contribution in [0.2, 0.25) is 0 Å². The van der Waals surface area contributed by atoms with Crippen molar-refractivity contribution < 1.29 is 0 Å². The highest BCUT2D eigenvalue weighted by Crippen LogP contribution is 2.11. The van der Waals surface area contributed by atoms with E-state index >= 15 is 0 Å². The minimum absolute atomic E-state index is 0. The smallest absolute Gasteiger partial charge is 0.191 e. The summed E-state index contributed by atoms with van der Waals surface area (Å²) in [5, 5.41) is 11.0. The summed E-state index contributed by atoms with van der Waals surface area (Å²) in [5.41, 5.74) is 3.54. The van der Waals surface area contributed by atoms with Crippen LogP contribution in [0.15, 0.2) is 4.99 Å². The van der Waals surface area contributed by atoms with Crippen molar-refractivity contribution >= 4 is 29.9 Å². The van der Waals surface area contributed by atoms with E-state index in [0.29, 0.717) is 6.04 Å². The highest BCUT2D eigenvalue weighted by atomic mass is 127. The van der Waals surface area contributed by atoms with Gasteiger partial charge in [0, 0.05) is 30.9 Å². The standard InChI is InChI=1S/C11H19N5.HI/c1-7-5-12-11(14-7)13-6-10-8(2)15-16(4)9(10)3;/h7H,5-6H2,1-4H3,(H2,12,13,14);1H. The Morgan fingerprint density at radius 2 is 2.18 bits per heavy atom. The van der Waals surface area contributed by atoms with E-state index in [-0.39, 0.29) is 24.0 Å². The van der Waals surface area contributed by atoms with Gasteiger partial charge in [-0.05, 0) is 20.8 Å². The molecule has 0 aromatic carbocycles. The van der Waals surface area contributed by atoms with Crippen molar-refractivity contribution in [1.82, 2.24) is 20.4 Å². The van der Waals surface area contributed by atoms with E-state index in [1.807, 2.05) is 18.7 Å². The summed E-state index contributed by atoms with van der Waals surface area (Å²) in [6, 6.07) is 0.443. The molecule has 1 aromatic rings. The predicted octanol–water partition coefficient (Wildman–Crippen LogP) is 1.09. The summed E-state index contributed by atoms with van der Waals surface area (Å²) in [6.45, 7) is 7.89. The van der Waals surface area contributed by atoms with Crippen molar-refractivity contribution in [2.45, 2.75) is 33.4 Å². The van der Waals surface area contributed by atoms with Gasteiger partial charge in [0.05, 0.1) is 12.2 Å². The molecule has 0 bridgehead atoms. The summed E-state index contributed by atoms with van der Waals surface area (Å²) in [7, 11) is 1.97. The Labute approximate surface area is 119 Å². The van der Waals surface area contributed by atoms with E-state index < -0.39 is 0 Å². The Morgan fingerprint density at radius 3 is 2.65 bits per heavy atom. The third-order valence-corrected chi connectivity index (χ3v) is 3.00. The Kier molecular flexibility index (Phi) is 4.79. The van der Waals surface area contributed by atoms with E-state index in [0.717, 1.165) is 24.7 Å². The Balaban J connectivity index is 0.00000144. The van der Waals surface area contributed by atoms with Gasteiger partial charge in [0.2, 0.25) is 0 Å². The van der Waals surface area contributed by atoms with Gasteiger partial charge in [0.1, 0.15) is 0 Å². The average molecular weight is 349 g/mol. The first-order valence-electron chi connectivity index (χ1n) is 5.62. The van der Waals surface area contributed by atoms with E-state index in [1.54, 1.807) is 0 Å². The Bertz CT molecular complexity index is 424. The summed E-state index contributed by atoms with van der Waals surface area (Å²) in [6.07, 6.45) is 0. The summed E-state index contributed by atoms with van der Waals surface area (Å²) in [4.78, 5) is 4.37. The Hall–Kier alpha value is -0.790. The number of rotatable bonds is 2. The SMILES string of the molecule is Cc1nn(C)c(C)c1CNC1=NCC(C)N1.I. The van der Waals surface area contributed by atoms with E-state index in [4.69, 9.17) is 0 Å². The summed E-state index contributed by atoms with van der Waals surface area (Å²) < 4.78 is 1.92. The van der Waals surface area contributed by atoms with Crippen molar-refractivity contribution in [1.29, 1.82) is 0 Å². The van der Waals surface area contributed by atoms with Crippen LogP contribution in [0.5, 0.6) is 0 Å². The molecule has 17 heavy (non-hydrogen) atoms. The monoisotopic (exact) mass is 349 g/mol. The molecule has 1 aliphatic rings. The van der Waals surface area contributed by atoms with Crippen molar-refractivity contribution in [3.8, 4) is 0 Å². The van der Waals surface area contributed by atoms with Crippen molar-refractivity contribution in [3.63, 3.8) is 0 Å². The van der Waals surface area contributed by atoms with Crippen molar-refractivity contribution in [2.24, 2.45) is 12.0 Å². The Morgan fingerprint density at radius 1 is 1.47 bits per heavy atom. The van der Waals surface area contributed by atoms with Gasteiger partial charge in [0.15, 0.2) is 5.96 Å². The first-order valence-corrected chi connectivity index (χ1v) is 5.62. The number of halogens is 1. The van der Waals surface area contributed by atoms with Gasteiger partial charge in [-0.15, -0.1) is 24.0 Å². The molecule has 2 rings (SSSR count). The number of aliphatic imine (C=N–C) groups is 1. The maximum atomic E-state index is 4.39. The van der Waals surface area contributed by atoms with Crippen LogP contribution in [0, 0.1) is 13.8 Å². The third-order valence-electron chi connectivity index (χ3n) is 3.00.